The van der Waals surface area contributed by atoms with Gasteiger partial charge in [0.25, 0.3) is 0 Å². The van der Waals surface area contributed by atoms with Crippen LogP contribution in [-0.4, -0.2) is 44.2 Å². The van der Waals surface area contributed by atoms with Gasteiger partial charge >= 0.3 is 35.7 Å². The molecule has 1 aliphatic heterocycles. The van der Waals surface area contributed by atoms with Crippen molar-refractivity contribution in [3.8, 4) is 5.75 Å². The molecular formula is C22H25F3I2N3NaO. The molecule has 0 aromatic heterocycles. The van der Waals surface area contributed by atoms with Gasteiger partial charge in [0, 0.05) is 45.6 Å². The number of alkyl halides is 3. The maximum atomic E-state index is 12.9. The minimum atomic E-state index is -4.31. The van der Waals surface area contributed by atoms with Crippen LogP contribution in [0.4, 0.5) is 18.9 Å². The average molecular weight is 681 g/mol. The first-order chi connectivity index (χ1) is 14.7. The molecular weight excluding hydrogens is 656 g/mol. The number of benzene rings is 2. The van der Waals surface area contributed by atoms with Crippen LogP contribution in [0.15, 0.2) is 36.4 Å². The summed E-state index contributed by atoms with van der Waals surface area (Å²) in [6.45, 7) is 5.58. The molecule has 0 saturated carbocycles. The van der Waals surface area contributed by atoms with Crippen LogP contribution in [0.5, 0.6) is 5.75 Å². The minimum Gasteiger partial charge on any atom is -0.872 e. The zero-order chi connectivity index (χ0) is 22.4. The molecule has 1 N–H and O–H groups in total. The minimum absolute atomic E-state index is 0. The molecule has 0 bridgehead atoms. The Balaban J connectivity index is 0.00000363. The van der Waals surface area contributed by atoms with Crippen LogP contribution >= 0.6 is 45.2 Å². The van der Waals surface area contributed by atoms with Gasteiger partial charge in [-0.1, -0.05) is 11.8 Å². The number of halogens is 5. The normalized spacial score (nSPS) is 15.0. The van der Waals surface area contributed by atoms with Crippen LogP contribution in [0.25, 0.3) is 0 Å². The van der Waals surface area contributed by atoms with Gasteiger partial charge in [-0.2, -0.15) is 13.2 Å². The van der Waals surface area contributed by atoms with E-state index < -0.39 is 11.7 Å². The Bertz CT molecular complexity index is 878. The van der Waals surface area contributed by atoms with Crippen molar-refractivity contribution in [1.29, 1.82) is 0 Å². The summed E-state index contributed by atoms with van der Waals surface area (Å²) in [5, 5.41) is 15.5. The fraction of sp³-hybridized carbons (Fsp3) is 0.455. The Morgan fingerprint density at radius 2 is 1.72 bits per heavy atom. The van der Waals surface area contributed by atoms with Gasteiger partial charge in [-0.3, -0.25) is 4.90 Å². The number of unbranched alkanes of at least 4 members (excludes halogenated alkanes) is 1. The van der Waals surface area contributed by atoms with Crippen molar-refractivity contribution in [3.63, 3.8) is 0 Å². The molecule has 2 aromatic rings. The number of hydrogen-bond donors (Lipinski definition) is 1. The predicted molar refractivity (Wildman–Crippen MR) is 132 cm³/mol. The first-order valence-corrected chi connectivity index (χ1v) is 12.4. The van der Waals surface area contributed by atoms with Crippen molar-refractivity contribution in [2.45, 2.75) is 25.6 Å². The van der Waals surface area contributed by atoms with Crippen molar-refractivity contribution >= 4 is 50.9 Å². The van der Waals surface area contributed by atoms with E-state index in [2.05, 4.69) is 55.4 Å². The molecule has 0 amide bonds. The van der Waals surface area contributed by atoms with Crippen molar-refractivity contribution in [1.82, 2.24) is 10.2 Å². The van der Waals surface area contributed by atoms with Crippen LogP contribution in [0.3, 0.4) is 0 Å². The van der Waals surface area contributed by atoms with Gasteiger partial charge in [0.1, 0.15) is 0 Å². The molecule has 2 aromatic carbocycles. The van der Waals surface area contributed by atoms with Crippen molar-refractivity contribution in [3.05, 3.63) is 54.7 Å². The number of nitrogens with zero attached hydrogens (tertiary/aromatic N) is 2. The second-order valence-electron chi connectivity index (χ2n) is 7.64. The quantitative estimate of drug-likeness (QED) is 0.262. The monoisotopic (exact) mass is 681 g/mol. The molecule has 0 radical (unpaired) electrons. The number of anilines is 1. The van der Waals surface area contributed by atoms with Gasteiger partial charge in [-0.05, 0) is 107 Å². The van der Waals surface area contributed by atoms with E-state index in [1.807, 2.05) is 17.0 Å². The Kier molecular flexibility index (Phi) is 11.9. The summed E-state index contributed by atoms with van der Waals surface area (Å²) in [6.07, 6.45) is -2.24. The SMILES string of the molecule is [Na+].[O-]c1c(I)cc(I)cc1CNCCCCN1CCN(c2cccc(C(F)(F)F)c2)CC1. The Hall–Kier alpha value is 0.210. The molecule has 170 valence electrons. The summed E-state index contributed by atoms with van der Waals surface area (Å²) in [5.41, 5.74) is 0.854. The van der Waals surface area contributed by atoms with E-state index in [-0.39, 0.29) is 35.3 Å². The van der Waals surface area contributed by atoms with Crippen LogP contribution in [0.1, 0.15) is 24.0 Å². The van der Waals surface area contributed by atoms with Crippen LogP contribution in [0.2, 0.25) is 0 Å². The first-order valence-electron chi connectivity index (χ1n) is 10.2. The largest absolute Gasteiger partial charge is 1.00 e. The van der Waals surface area contributed by atoms with Gasteiger partial charge in [-0.25, -0.2) is 0 Å². The second-order valence-corrected chi connectivity index (χ2v) is 10.0. The second kappa shape index (κ2) is 13.3. The fourth-order valence-corrected chi connectivity index (χ4v) is 5.63. The molecule has 4 nitrogen and oxygen atoms in total. The summed E-state index contributed by atoms with van der Waals surface area (Å²) in [6, 6.07) is 9.40. The Morgan fingerprint density at radius 1 is 1.00 bits per heavy atom. The van der Waals surface area contributed by atoms with E-state index in [4.69, 9.17) is 0 Å². The Morgan fingerprint density at radius 3 is 2.41 bits per heavy atom. The van der Waals surface area contributed by atoms with E-state index in [9.17, 15) is 18.3 Å². The first kappa shape index (κ1) is 28.4. The van der Waals surface area contributed by atoms with Crippen molar-refractivity contribution < 1.29 is 47.8 Å². The zero-order valence-electron chi connectivity index (χ0n) is 18.0. The van der Waals surface area contributed by atoms with Crippen LogP contribution < -0.4 is 44.9 Å². The molecule has 1 saturated heterocycles. The van der Waals surface area contributed by atoms with Gasteiger partial charge in [0.2, 0.25) is 0 Å². The van der Waals surface area contributed by atoms with Crippen molar-refractivity contribution in [2.75, 3.05) is 44.2 Å². The van der Waals surface area contributed by atoms with Gasteiger partial charge in [-0.15, -0.1) is 0 Å². The molecule has 0 atom stereocenters. The molecule has 0 aliphatic carbocycles. The molecule has 1 aliphatic rings. The summed E-state index contributed by atoms with van der Waals surface area (Å²) in [5.74, 6) is 0.104. The summed E-state index contributed by atoms with van der Waals surface area (Å²) in [4.78, 5) is 4.39. The van der Waals surface area contributed by atoms with Crippen LogP contribution in [0, 0.1) is 7.14 Å². The van der Waals surface area contributed by atoms with E-state index in [1.165, 1.54) is 12.1 Å². The van der Waals surface area contributed by atoms with Gasteiger partial charge in [0.15, 0.2) is 0 Å². The topological polar surface area (TPSA) is 41.6 Å². The molecule has 1 fully saturated rings. The predicted octanol–water partition coefficient (Wildman–Crippen LogP) is 1.68. The molecule has 3 rings (SSSR count). The zero-order valence-corrected chi connectivity index (χ0v) is 24.3. The number of nitrogens with one attached hydrogen (secondary N) is 1. The van der Waals surface area contributed by atoms with Gasteiger partial charge in [0.05, 0.1) is 5.56 Å². The standard InChI is InChI=1S/C22H26F3I2N3O.Na/c23-22(24,25)17-4-3-5-19(13-17)30-10-8-29(9-11-30)7-2-1-6-28-15-16-12-18(26)14-20(27)21(16)31;/h3-5,12-14,28,31H,1-2,6-11,15H2;/q;+1/p-1. The van der Waals surface area contributed by atoms with Gasteiger partial charge < -0.3 is 15.3 Å². The maximum Gasteiger partial charge on any atom is 1.00 e. The van der Waals surface area contributed by atoms with Crippen molar-refractivity contribution in [2.24, 2.45) is 0 Å². The van der Waals surface area contributed by atoms with E-state index in [0.29, 0.717) is 12.2 Å². The third-order valence-electron chi connectivity index (χ3n) is 5.39. The summed E-state index contributed by atoms with van der Waals surface area (Å²) >= 11 is 4.31. The number of piperazine rings is 1. The Labute approximate surface area is 236 Å². The smallest absolute Gasteiger partial charge is 0.872 e. The molecule has 0 unspecified atom stereocenters. The van der Waals surface area contributed by atoms with E-state index in [0.717, 1.165) is 70.9 Å². The summed E-state index contributed by atoms with van der Waals surface area (Å²) in [7, 11) is 0. The maximum absolute atomic E-state index is 12.9. The fourth-order valence-electron chi connectivity index (χ4n) is 3.66. The summed E-state index contributed by atoms with van der Waals surface area (Å²) < 4.78 is 40.6. The molecule has 10 heteroatoms. The molecule has 32 heavy (non-hydrogen) atoms. The average Bonchev–Trinajstić information content (AvgIpc) is 2.73. The molecule has 0 spiro atoms. The number of rotatable bonds is 8. The number of hydrogen-bond acceptors (Lipinski definition) is 4. The van der Waals surface area contributed by atoms with E-state index >= 15 is 0 Å². The third-order valence-corrected chi connectivity index (χ3v) is 6.81. The van der Waals surface area contributed by atoms with E-state index in [1.54, 1.807) is 6.07 Å². The van der Waals surface area contributed by atoms with Crippen LogP contribution in [-0.2, 0) is 12.7 Å². The third kappa shape index (κ3) is 8.46. The molecule has 1 heterocycles.